The van der Waals surface area contributed by atoms with E-state index in [0.29, 0.717) is 12.7 Å². The third-order valence-corrected chi connectivity index (χ3v) is 3.31. The SMILES string of the molecule is C=C1CCCC(c2ccccc2OCOC)C1. The lowest BCUT2D eigenvalue weighted by Gasteiger charge is -2.25. The Morgan fingerprint density at radius 2 is 2.18 bits per heavy atom. The molecule has 0 spiro atoms. The van der Waals surface area contributed by atoms with Gasteiger partial charge >= 0.3 is 0 Å². The van der Waals surface area contributed by atoms with Crippen LogP contribution >= 0.6 is 0 Å². The highest BCUT2D eigenvalue weighted by Crippen LogP contribution is 2.38. The second-order valence-corrected chi connectivity index (χ2v) is 4.63. The first-order valence-electron chi connectivity index (χ1n) is 6.18. The minimum Gasteiger partial charge on any atom is -0.467 e. The number of ether oxygens (including phenoxy) is 2. The molecule has 1 saturated carbocycles. The topological polar surface area (TPSA) is 18.5 Å². The molecule has 0 aromatic heterocycles. The normalized spacial score (nSPS) is 20.3. The molecule has 1 aliphatic carbocycles. The predicted octanol–water partition coefficient (Wildman–Crippen LogP) is 3.88. The molecule has 2 nitrogen and oxygen atoms in total. The summed E-state index contributed by atoms with van der Waals surface area (Å²) in [5.74, 6) is 1.51. The maximum atomic E-state index is 5.62. The van der Waals surface area contributed by atoms with Crippen molar-refractivity contribution in [2.75, 3.05) is 13.9 Å². The van der Waals surface area contributed by atoms with Crippen LogP contribution in [0.4, 0.5) is 0 Å². The number of para-hydroxylation sites is 1. The van der Waals surface area contributed by atoms with Gasteiger partial charge < -0.3 is 9.47 Å². The summed E-state index contributed by atoms with van der Waals surface area (Å²) in [7, 11) is 1.64. The van der Waals surface area contributed by atoms with Gasteiger partial charge in [0.05, 0.1) is 0 Å². The maximum Gasteiger partial charge on any atom is 0.188 e. The van der Waals surface area contributed by atoms with E-state index in [0.717, 1.165) is 12.2 Å². The first-order chi connectivity index (χ1) is 8.31. The van der Waals surface area contributed by atoms with E-state index in [1.54, 1.807) is 7.11 Å². The molecule has 1 atom stereocenters. The lowest BCUT2D eigenvalue weighted by atomic mass is 9.81. The Balaban J connectivity index is 2.15. The highest BCUT2D eigenvalue weighted by atomic mass is 16.7. The Morgan fingerprint density at radius 1 is 1.35 bits per heavy atom. The largest absolute Gasteiger partial charge is 0.467 e. The molecule has 1 unspecified atom stereocenters. The quantitative estimate of drug-likeness (QED) is 0.579. The van der Waals surface area contributed by atoms with E-state index < -0.39 is 0 Å². The summed E-state index contributed by atoms with van der Waals surface area (Å²) in [6.45, 7) is 4.43. The standard InChI is InChI=1S/C15H20O2/c1-12-6-5-7-13(10-12)14-8-3-4-9-15(14)17-11-16-2/h3-4,8-9,13H,1,5-7,10-11H2,2H3. The summed E-state index contributed by atoms with van der Waals surface area (Å²) in [6.07, 6.45) is 4.74. The van der Waals surface area contributed by atoms with Gasteiger partial charge in [-0.25, -0.2) is 0 Å². The highest BCUT2D eigenvalue weighted by Gasteiger charge is 2.20. The van der Waals surface area contributed by atoms with E-state index >= 15 is 0 Å². The van der Waals surface area contributed by atoms with Gasteiger partial charge in [-0.05, 0) is 43.2 Å². The van der Waals surface area contributed by atoms with Gasteiger partial charge in [0.1, 0.15) is 5.75 Å². The van der Waals surface area contributed by atoms with Gasteiger partial charge in [0.2, 0.25) is 0 Å². The smallest absolute Gasteiger partial charge is 0.188 e. The Bertz CT molecular complexity index is 384. The molecule has 2 heteroatoms. The molecule has 0 saturated heterocycles. The van der Waals surface area contributed by atoms with Gasteiger partial charge in [0.25, 0.3) is 0 Å². The maximum absolute atomic E-state index is 5.62. The minimum atomic E-state index is 0.310. The Hall–Kier alpha value is -1.28. The first kappa shape index (κ1) is 12.2. The van der Waals surface area contributed by atoms with Gasteiger partial charge in [-0.1, -0.05) is 30.4 Å². The molecule has 0 heterocycles. The second kappa shape index (κ2) is 5.87. The summed E-state index contributed by atoms with van der Waals surface area (Å²) in [4.78, 5) is 0. The summed E-state index contributed by atoms with van der Waals surface area (Å²) >= 11 is 0. The average Bonchev–Trinajstić information content (AvgIpc) is 2.37. The van der Waals surface area contributed by atoms with Crippen molar-refractivity contribution >= 4 is 0 Å². The minimum absolute atomic E-state index is 0.310. The van der Waals surface area contributed by atoms with Crippen LogP contribution in [-0.2, 0) is 4.74 Å². The Labute approximate surface area is 103 Å². The molecule has 0 N–H and O–H groups in total. The lowest BCUT2D eigenvalue weighted by Crippen LogP contribution is -2.09. The molecular formula is C15H20O2. The fourth-order valence-corrected chi connectivity index (χ4v) is 2.49. The van der Waals surface area contributed by atoms with Crippen molar-refractivity contribution in [3.8, 4) is 5.75 Å². The molecule has 0 amide bonds. The number of hydrogen-bond donors (Lipinski definition) is 0. The van der Waals surface area contributed by atoms with Crippen molar-refractivity contribution in [1.29, 1.82) is 0 Å². The van der Waals surface area contributed by atoms with Crippen molar-refractivity contribution < 1.29 is 9.47 Å². The third-order valence-electron chi connectivity index (χ3n) is 3.31. The molecule has 0 aliphatic heterocycles. The average molecular weight is 232 g/mol. The van der Waals surface area contributed by atoms with Crippen molar-refractivity contribution in [3.63, 3.8) is 0 Å². The summed E-state index contributed by atoms with van der Waals surface area (Å²) in [5, 5.41) is 0. The Kier molecular flexibility index (Phi) is 4.21. The van der Waals surface area contributed by atoms with Crippen LogP contribution in [0.15, 0.2) is 36.4 Å². The van der Waals surface area contributed by atoms with Gasteiger partial charge in [-0.3, -0.25) is 0 Å². The fourth-order valence-electron chi connectivity index (χ4n) is 2.49. The summed E-state index contributed by atoms with van der Waals surface area (Å²) < 4.78 is 10.6. The van der Waals surface area contributed by atoms with Crippen LogP contribution in [0.2, 0.25) is 0 Å². The van der Waals surface area contributed by atoms with Crippen LogP contribution < -0.4 is 4.74 Å². The van der Waals surface area contributed by atoms with Gasteiger partial charge in [-0.15, -0.1) is 0 Å². The predicted molar refractivity (Wildman–Crippen MR) is 69.3 cm³/mol. The number of hydrogen-bond acceptors (Lipinski definition) is 2. The third kappa shape index (κ3) is 3.10. The van der Waals surface area contributed by atoms with Gasteiger partial charge in [0, 0.05) is 7.11 Å². The molecule has 92 valence electrons. The van der Waals surface area contributed by atoms with Crippen LogP contribution in [-0.4, -0.2) is 13.9 Å². The van der Waals surface area contributed by atoms with E-state index in [4.69, 9.17) is 9.47 Å². The number of allylic oxidation sites excluding steroid dienone is 1. The molecule has 17 heavy (non-hydrogen) atoms. The van der Waals surface area contributed by atoms with E-state index in [1.165, 1.54) is 30.4 Å². The van der Waals surface area contributed by atoms with Crippen LogP contribution in [0.1, 0.15) is 37.2 Å². The zero-order chi connectivity index (χ0) is 12.1. The van der Waals surface area contributed by atoms with E-state index in [9.17, 15) is 0 Å². The molecule has 0 radical (unpaired) electrons. The summed E-state index contributed by atoms with van der Waals surface area (Å²) in [6, 6.07) is 8.26. The summed E-state index contributed by atoms with van der Waals surface area (Å²) in [5.41, 5.74) is 2.66. The van der Waals surface area contributed by atoms with Crippen LogP contribution in [0, 0.1) is 0 Å². The first-order valence-corrected chi connectivity index (χ1v) is 6.18. The van der Waals surface area contributed by atoms with Gasteiger partial charge in [-0.2, -0.15) is 0 Å². The molecule has 1 aromatic rings. The molecule has 2 rings (SSSR count). The molecule has 0 bridgehead atoms. The second-order valence-electron chi connectivity index (χ2n) is 4.63. The lowest BCUT2D eigenvalue weighted by molar-refractivity contribution is 0.0501. The van der Waals surface area contributed by atoms with Crippen molar-refractivity contribution in [2.45, 2.75) is 31.6 Å². The Morgan fingerprint density at radius 3 is 2.94 bits per heavy atom. The van der Waals surface area contributed by atoms with E-state index in [1.807, 2.05) is 12.1 Å². The van der Waals surface area contributed by atoms with Gasteiger partial charge in [0.15, 0.2) is 6.79 Å². The number of methoxy groups -OCH3 is 1. The van der Waals surface area contributed by atoms with Crippen LogP contribution in [0.5, 0.6) is 5.75 Å². The van der Waals surface area contributed by atoms with E-state index in [2.05, 4.69) is 18.7 Å². The van der Waals surface area contributed by atoms with Crippen LogP contribution in [0.3, 0.4) is 0 Å². The monoisotopic (exact) mass is 232 g/mol. The van der Waals surface area contributed by atoms with E-state index in [-0.39, 0.29) is 0 Å². The fraction of sp³-hybridized carbons (Fsp3) is 0.467. The molecule has 1 fully saturated rings. The van der Waals surface area contributed by atoms with Crippen LogP contribution in [0.25, 0.3) is 0 Å². The van der Waals surface area contributed by atoms with Crippen molar-refractivity contribution in [1.82, 2.24) is 0 Å². The number of rotatable bonds is 4. The molecular weight excluding hydrogens is 212 g/mol. The zero-order valence-corrected chi connectivity index (χ0v) is 10.4. The zero-order valence-electron chi connectivity index (χ0n) is 10.4. The van der Waals surface area contributed by atoms with Crippen molar-refractivity contribution in [2.24, 2.45) is 0 Å². The molecule has 1 aromatic carbocycles. The number of benzene rings is 1. The van der Waals surface area contributed by atoms with Crippen molar-refractivity contribution in [3.05, 3.63) is 42.0 Å². The molecule has 1 aliphatic rings. The highest BCUT2D eigenvalue weighted by molar-refractivity contribution is 5.37.